The zero-order valence-corrected chi connectivity index (χ0v) is 18.6. The van der Waals surface area contributed by atoms with Crippen LogP contribution in [0.25, 0.3) is 0 Å². The number of hydrogen-bond donors (Lipinski definition) is 0. The standard InChI is InChI=1S/C20H22Br3N/c1-3-16(21)5-4-15(2)14-24(19-10-6-17(22)7-11-19)20-12-8-18(23)9-13-20/h3,6-12,20H,2,4-5,13-14H2,1H3/b16-3+. The molecule has 2 rings (SSSR count). The number of benzene rings is 1. The second-order valence-electron chi connectivity index (χ2n) is 5.84. The zero-order valence-electron chi connectivity index (χ0n) is 13.8. The summed E-state index contributed by atoms with van der Waals surface area (Å²) in [7, 11) is 0. The third kappa shape index (κ3) is 6.05. The van der Waals surface area contributed by atoms with Gasteiger partial charge in [-0.1, -0.05) is 84.2 Å². The first-order valence-electron chi connectivity index (χ1n) is 8.03. The fraction of sp³-hybridized carbons (Fsp3) is 0.300. The Bertz CT molecular complexity index is 656. The third-order valence-corrected chi connectivity index (χ3v) is 5.99. The maximum atomic E-state index is 4.31. The van der Waals surface area contributed by atoms with Gasteiger partial charge in [-0.05, 0) is 54.9 Å². The summed E-state index contributed by atoms with van der Waals surface area (Å²) in [6.07, 6.45) is 11.7. The Morgan fingerprint density at radius 1 is 1.25 bits per heavy atom. The molecule has 0 aromatic heterocycles. The van der Waals surface area contributed by atoms with Crippen molar-refractivity contribution in [3.05, 3.63) is 74.2 Å². The van der Waals surface area contributed by atoms with Gasteiger partial charge < -0.3 is 4.90 Å². The van der Waals surface area contributed by atoms with E-state index in [0.717, 1.165) is 34.8 Å². The van der Waals surface area contributed by atoms with Crippen molar-refractivity contribution < 1.29 is 0 Å². The predicted molar refractivity (Wildman–Crippen MR) is 117 cm³/mol. The molecule has 1 aromatic rings. The van der Waals surface area contributed by atoms with Gasteiger partial charge in [-0.3, -0.25) is 0 Å². The zero-order chi connectivity index (χ0) is 17.5. The minimum Gasteiger partial charge on any atom is -0.361 e. The second kappa shape index (κ2) is 9.79. The van der Waals surface area contributed by atoms with E-state index in [1.54, 1.807) is 0 Å². The molecule has 1 unspecified atom stereocenters. The van der Waals surface area contributed by atoms with Gasteiger partial charge in [0.05, 0.1) is 6.04 Å². The van der Waals surface area contributed by atoms with E-state index in [1.165, 1.54) is 15.7 Å². The molecule has 0 aliphatic heterocycles. The fourth-order valence-electron chi connectivity index (χ4n) is 2.61. The molecular weight excluding hydrogens is 494 g/mol. The molecule has 128 valence electrons. The lowest BCUT2D eigenvalue weighted by atomic mass is 10.0. The van der Waals surface area contributed by atoms with Crippen molar-refractivity contribution in [3.8, 4) is 0 Å². The lowest BCUT2D eigenvalue weighted by Gasteiger charge is -2.33. The number of halogens is 3. The molecule has 24 heavy (non-hydrogen) atoms. The molecular formula is C20H22Br3N. The third-order valence-electron chi connectivity index (χ3n) is 4.02. The number of anilines is 1. The maximum absolute atomic E-state index is 4.31. The summed E-state index contributed by atoms with van der Waals surface area (Å²) < 4.78 is 3.50. The Balaban J connectivity index is 2.12. The summed E-state index contributed by atoms with van der Waals surface area (Å²) in [5.41, 5.74) is 2.48. The molecule has 0 saturated carbocycles. The number of nitrogens with zero attached hydrogens (tertiary/aromatic N) is 1. The molecule has 0 bridgehead atoms. The molecule has 1 aliphatic carbocycles. The van der Waals surface area contributed by atoms with Crippen molar-refractivity contribution in [3.63, 3.8) is 0 Å². The topological polar surface area (TPSA) is 3.24 Å². The number of hydrogen-bond acceptors (Lipinski definition) is 1. The normalized spacial score (nSPS) is 17.6. The molecule has 1 atom stereocenters. The van der Waals surface area contributed by atoms with E-state index < -0.39 is 0 Å². The lowest BCUT2D eigenvalue weighted by molar-refractivity contribution is 0.701. The van der Waals surface area contributed by atoms with Gasteiger partial charge in [0, 0.05) is 21.2 Å². The average molecular weight is 516 g/mol. The molecule has 1 aliphatic rings. The van der Waals surface area contributed by atoms with Crippen LogP contribution in [0.4, 0.5) is 5.69 Å². The van der Waals surface area contributed by atoms with Crippen LogP contribution in [0.5, 0.6) is 0 Å². The molecule has 0 N–H and O–H groups in total. The van der Waals surface area contributed by atoms with Crippen molar-refractivity contribution in [2.45, 2.75) is 32.2 Å². The molecule has 1 nitrogen and oxygen atoms in total. The highest BCUT2D eigenvalue weighted by Gasteiger charge is 2.18. The van der Waals surface area contributed by atoms with E-state index in [9.17, 15) is 0 Å². The molecule has 0 fully saturated rings. The van der Waals surface area contributed by atoms with Crippen molar-refractivity contribution in [2.24, 2.45) is 0 Å². The van der Waals surface area contributed by atoms with Crippen LogP contribution in [-0.2, 0) is 0 Å². The molecule has 4 heteroatoms. The summed E-state index contributed by atoms with van der Waals surface area (Å²) in [6.45, 7) is 7.23. The number of rotatable bonds is 7. The summed E-state index contributed by atoms with van der Waals surface area (Å²) in [5, 5.41) is 0. The molecule has 0 amide bonds. The van der Waals surface area contributed by atoms with E-state index in [0.29, 0.717) is 6.04 Å². The summed E-state index contributed by atoms with van der Waals surface area (Å²) in [6, 6.07) is 8.88. The first-order chi connectivity index (χ1) is 11.5. The Labute approximate surface area is 170 Å². The SMILES string of the molecule is C=C(CC/C(Br)=C\C)CN(c1ccc(Br)cc1)C1C=CC(Br)=CC1. The van der Waals surface area contributed by atoms with E-state index in [1.807, 2.05) is 0 Å². The Hall–Kier alpha value is -0.580. The summed E-state index contributed by atoms with van der Waals surface area (Å²) >= 11 is 10.7. The average Bonchev–Trinajstić information content (AvgIpc) is 2.59. The summed E-state index contributed by atoms with van der Waals surface area (Å²) in [5.74, 6) is 0. The second-order valence-corrected chi connectivity index (χ2v) is 8.69. The Morgan fingerprint density at radius 3 is 2.54 bits per heavy atom. The van der Waals surface area contributed by atoms with E-state index in [4.69, 9.17) is 0 Å². The highest BCUT2D eigenvalue weighted by molar-refractivity contribution is 9.12. The Morgan fingerprint density at radius 2 is 1.96 bits per heavy atom. The van der Waals surface area contributed by atoms with E-state index in [-0.39, 0.29) is 0 Å². The molecule has 0 radical (unpaired) electrons. The van der Waals surface area contributed by atoms with E-state index in [2.05, 4.69) is 115 Å². The minimum atomic E-state index is 0.356. The smallest absolute Gasteiger partial charge is 0.0515 e. The van der Waals surface area contributed by atoms with Crippen LogP contribution < -0.4 is 4.90 Å². The van der Waals surface area contributed by atoms with Gasteiger partial charge in [0.15, 0.2) is 0 Å². The van der Waals surface area contributed by atoms with Crippen LogP contribution in [0.3, 0.4) is 0 Å². The van der Waals surface area contributed by atoms with Crippen LogP contribution in [0, 0.1) is 0 Å². The maximum Gasteiger partial charge on any atom is 0.0515 e. The monoisotopic (exact) mass is 513 g/mol. The molecule has 0 saturated heterocycles. The van der Waals surface area contributed by atoms with Crippen molar-refractivity contribution in [2.75, 3.05) is 11.4 Å². The Kier molecular flexibility index (Phi) is 8.05. The van der Waals surface area contributed by atoms with Crippen LogP contribution >= 0.6 is 47.8 Å². The van der Waals surface area contributed by atoms with Gasteiger partial charge in [0.1, 0.15) is 0 Å². The summed E-state index contributed by atoms with van der Waals surface area (Å²) in [4.78, 5) is 2.44. The van der Waals surface area contributed by atoms with Gasteiger partial charge >= 0.3 is 0 Å². The molecule has 0 heterocycles. The van der Waals surface area contributed by atoms with Crippen LogP contribution in [0.15, 0.2) is 74.2 Å². The molecule has 0 spiro atoms. The molecule has 1 aromatic carbocycles. The van der Waals surface area contributed by atoms with Gasteiger partial charge in [-0.25, -0.2) is 0 Å². The van der Waals surface area contributed by atoms with Crippen molar-refractivity contribution in [1.29, 1.82) is 0 Å². The highest BCUT2D eigenvalue weighted by Crippen LogP contribution is 2.28. The van der Waals surface area contributed by atoms with Gasteiger partial charge in [0.2, 0.25) is 0 Å². The van der Waals surface area contributed by atoms with Gasteiger partial charge in [-0.15, -0.1) is 0 Å². The van der Waals surface area contributed by atoms with E-state index >= 15 is 0 Å². The first kappa shape index (κ1) is 19.7. The minimum absolute atomic E-state index is 0.356. The quantitative estimate of drug-likeness (QED) is 0.340. The predicted octanol–water partition coefficient (Wildman–Crippen LogP) is 7.50. The largest absolute Gasteiger partial charge is 0.361 e. The van der Waals surface area contributed by atoms with Crippen LogP contribution in [0.2, 0.25) is 0 Å². The van der Waals surface area contributed by atoms with Crippen LogP contribution in [-0.4, -0.2) is 12.6 Å². The van der Waals surface area contributed by atoms with Crippen molar-refractivity contribution in [1.82, 2.24) is 0 Å². The van der Waals surface area contributed by atoms with Crippen molar-refractivity contribution >= 4 is 53.5 Å². The van der Waals surface area contributed by atoms with Crippen LogP contribution in [0.1, 0.15) is 26.2 Å². The lowest BCUT2D eigenvalue weighted by Crippen LogP contribution is -2.36. The van der Waals surface area contributed by atoms with Gasteiger partial charge in [-0.2, -0.15) is 0 Å². The fourth-order valence-corrected chi connectivity index (χ4v) is 3.41. The van der Waals surface area contributed by atoms with Gasteiger partial charge in [0.25, 0.3) is 0 Å². The number of allylic oxidation sites excluding steroid dienone is 4. The first-order valence-corrected chi connectivity index (χ1v) is 10.4. The highest BCUT2D eigenvalue weighted by atomic mass is 79.9.